The van der Waals surface area contributed by atoms with E-state index in [1.165, 1.54) is 6.42 Å². The molecule has 0 aliphatic heterocycles. The smallest absolute Gasteiger partial charge is 0.335 e. The van der Waals surface area contributed by atoms with Crippen LogP contribution in [0.4, 0.5) is 0 Å². The van der Waals surface area contributed by atoms with Crippen LogP contribution in [0.1, 0.15) is 48.5 Å². The van der Waals surface area contributed by atoms with Crippen molar-refractivity contribution in [2.24, 2.45) is 11.8 Å². The van der Waals surface area contributed by atoms with Crippen molar-refractivity contribution in [1.29, 1.82) is 0 Å². The molecule has 1 aliphatic rings. The predicted octanol–water partition coefficient (Wildman–Crippen LogP) is 3.59. The topological polar surface area (TPSA) is 74.6 Å². The van der Waals surface area contributed by atoms with Crippen molar-refractivity contribution in [3.05, 3.63) is 35.4 Å². The van der Waals surface area contributed by atoms with E-state index in [0.717, 1.165) is 24.8 Å². The number of hydrogen-bond donors (Lipinski definition) is 2. The van der Waals surface area contributed by atoms with Gasteiger partial charge in [0.1, 0.15) is 0 Å². The van der Waals surface area contributed by atoms with Gasteiger partial charge in [0, 0.05) is 0 Å². The van der Waals surface area contributed by atoms with Crippen LogP contribution in [0, 0.1) is 18.8 Å². The summed E-state index contributed by atoms with van der Waals surface area (Å²) in [6.45, 7) is 3.82. The molecule has 2 unspecified atom stereocenters. The number of rotatable bonds is 2. The number of carboxylic acid groups (broad SMARTS) is 2. The average Bonchev–Trinajstić information content (AvgIpc) is 2.40. The Morgan fingerprint density at radius 1 is 1.10 bits per heavy atom. The van der Waals surface area contributed by atoms with Crippen LogP contribution in [0.5, 0.6) is 0 Å². The summed E-state index contributed by atoms with van der Waals surface area (Å²) in [7, 11) is 0. The van der Waals surface area contributed by atoms with Gasteiger partial charge in [-0.2, -0.15) is 0 Å². The maximum Gasteiger partial charge on any atom is 0.335 e. The lowest BCUT2D eigenvalue weighted by atomic mass is 9.81. The van der Waals surface area contributed by atoms with Gasteiger partial charge in [-0.1, -0.05) is 38.0 Å². The van der Waals surface area contributed by atoms with Gasteiger partial charge in [0.25, 0.3) is 0 Å². The summed E-state index contributed by atoms with van der Waals surface area (Å²) in [5.74, 6) is -1.13. The van der Waals surface area contributed by atoms with Crippen LogP contribution in [0.3, 0.4) is 0 Å². The second-order valence-corrected chi connectivity index (χ2v) is 5.33. The van der Waals surface area contributed by atoms with E-state index in [1.807, 2.05) is 13.0 Å². The molecule has 0 heterocycles. The van der Waals surface area contributed by atoms with E-state index < -0.39 is 11.9 Å². The molecule has 0 saturated heterocycles. The molecule has 1 aromatic rings. The summed E-state index contributed by atoms with van der Waals surface area (Å²) in [6.07, 6.45) is 4.29. The zero-order valence-electron chi connectivity index (χ0n) is 12.0. The minimum Gasteiger partial charge on any atom is -0.481 e. The van der Waals surface area contributed by atoms with E-state index in [1.54, 1.807) is 25.1 Å². The normalized spacial score (nSPS) is 21.5. The Hall–Kier alpha value is -1.84. The summed E-state index contributed by atoms with van der Waals surface area (Å²) in [5.41, 5.74) is 1.18. The molecular weight excluding hydrogens is 256 g/mol. The number of hydrogen-bond acceptors (Lipinski definition) is 2. The number of carboxylic acids is 2. The predicted molar refractivity (Wildman–Crippen MR) is 76.9 cm³/mol. The molecule has 1 aliphatic carbocycles. The molecule has 110 valence electrons. The van der Waals surface area contributed by atoms with Gasteiger partial charge in [0.2, 0.25) is 0 Å². The highest BCUT2D eigenvalue weighted by Crippen LogP contribution is 2.29. The molecule has 2 rings (SSSR count). The lowest BCUT2D eigenvalue weighted by Crippen LogP contribution is -2.24. The lowest BCUT2D eigenvalue weighted by molar-refractivity contribution is -0.144. The Kier molecular flexibility index (Phi) is 6.22. The molecule has 0 amide bonds. The summed E-state index contributed by atoms with van der Waals surface area (Å²) < 4.78 is 0. The molecule has 0 spiro atoms. The molecule has 1 fully saturated rings. The molecule has 4 nitrogen and oxygen atoms in total. The van der Waals surface area contributed by atoms with Crippen molar-refractivity contribution in [2.75, 3.05) is 0 Å². The number of aryl methyl sites for hydroxylation is 1. The highest BCUT2D eigenvalue weighted by atomic mass is 16.4. The van der Waals surface area contributed by atoms with E-state index >= 15 is 0 Å². The van der Waals surface area contributed by atoms with E-state index in [2.05, 4.69) is 0 Å². The van der Waals surface area contributed by atoms with Crippen molar-refractivity contribution in [3.63, 3.8) is 0 Å². The van der Waals surface area contributed by atoms with E-state index in [4.69, 9.17) is 10.2 Å². The first kappa shape index (κ1) is 16.2. The Morgan fingerprint density at radius 3 is 2.10 bits per heavy atom. The molecule has 1 saturated carbocycles. The minimum atomic E-state index is -0.863. The third-order valence-corrected chi connectivity index (χ3v) is 3.80. The van der Waals surface area contributed by atoms with Gasteiger partial charge < -0.3 is 10.2 Å². The van der Waals surface area contributed by atoms with Gasteiger partial charge >= 0.3 is 11.9 Å². The van der Waals surface area contributed by atoms with Gasteiger partial charge in [0.15, 0.2) is 0 Å². The van der Waals surface area contributed by atoms with E-state index in [-0.39, 0.29) is 5.92 Å². The van der Waals surface area contributed by atoms with Gasteiger partial charge in [-0.25, -0.2) is 4.79 Å². The first-order valence-corrected chi connectivity index (χ1v) is 6.95. The quantitative estimate of drug-likeness (QED) is 0.867. The molecule has 0 bridgehead atoms. The van der Waals surface area contributed by atoms with Crippen LogP contribution in [0.25, 0.3) is 0 Å². The fourth-order valence-corrected chi connectivity index (χ4v) is 2.50. The van der Waals surface area contributed by atoms with Gasteiger partial charge in [-0.05, 0) is 37.3 Å². The van der Waals surface area contributed by atoms with Gasteiger partial charge in [-0.15, -0.1) is 0 Å². The summed E-state index contributed by atoms with van der Waals surface area (Å²) >= 11 is 0. The molecule has 0 radical (unpaired) electrons. The fourth-order valence-electron chi connectivity index (χ4n) is 2.50. The van der Waals surface area contributed by atoms with Crippen LogP contribution >= 0.6 is 0 Å². The fraction of sp³-hybridized carbons (Fsp3) is 0.500. The van der Waals surface area contributed by atoms with Crippen molar-refractivity contribution >= 4 is 11.9 Å². The zero-order chi connectivity index (χ0) is 15.1. The van der Waals surface area contributed by atoms with Gasteiger partial charge in [-0.3, -0.25) is 4.79 Å². The van der Waals surface area contributed by atoms with E-state index in [0.29, 0.717) is 11.5 Å². The average molecular weight is 278 g/mol. The number of benzene rings is 1. The molecule has 20 heavy (non-hydrogen) atoms. The Labute approximate surface area is 119 Å². The standard InChI is InChI=1S/C8H14O2.C8H8O2/c2*1-6-4-2-3-5-7(6)8(9)10/h6-7H,2-5H2,1H3,(H,9,10);2-5H,1H3,(H,9,10). The molecule has 2 atom stereocenters. The highest BCUT2D eigenvalue weighted by molar-refractivity contribution is 5.89. The first-order valence-electron chi connectivity index (χ1n) is 6.95. The number of carbonyl (C=O) groups is 2. The van der Waals surface area contributed by atoms with E-state index in [9.17, 15) is 9.59 Å². The van der Waals surface area contributed by atoms with Crippen LogP contribution in [-0.4, -0.2) is 22.2 Å². The molecule has 0 aromatic heterocycles. The summed E-state index contributed by atoms with van der Waals surface area (Å²) in [4.78, 5) is 21.0. The second kappa shape index (κ2) is 7.68. The van der Waals surface area contributed by atoms with Crippen LogP contribution in [0.2, 0.25) is 0 Å². The number of aromatic carboxylic acids is 1. The zero-order valence-corrected chi connectivity index (χ0v) is 12.0. The maximum absolute atomic E-state index is 10.6. The molecule has 2 N–H and O–H groups in total. The van der Waals surface area contributed by atoms with Crippen molar-refractivity contribution < 1.29 is 19.8 Å². The molecular formula is C16H22O4. The van der Waals surface area contributed by atoms with Gasteiger partial charge in [0.05, 0.1) is 11.5 Å². The first-order chi connectivity index (χ1) is 9.43. The summed E-state index contributed by atoms with van der Waals surface area (Å²) in [6, 6.07) is 6.92. The third-order valence-electron chi connectivity index (χ3n) is 3.80. The summed E-state index contributed by atoms with van der Waals surface area (Å²) in [5, 5.41) is 17.3. The van der Waals surface area contributed by atoms with Crippen molar-refractivity contribution in [2.45, 2.75) is 39.5 Å². The maximum atomic E-state index is 10.6. The highest BCUT2D eigenvalue weighted by Gasteiger charge is 2.26. The molecule has 1 aromatic carbocycles. The van der Waals surface area contributed by atoms with Crippen molar-refractivity contribution in [1.82, 2.24) is 0 Å². The van der Waals surface area contributed by atoms with Crippen LogP contribution in [-0.2, 0) is 4.79 Å². The Balaban J connectivity index is 0.000000200. The largest absolute Gasteiger partial charge is 0.481 e. The SMILES string of the molecule is CC1CCCCC1C(=O)O.Cc1ccccc1C(=O)O. The Morgan fingerprint density at radius 2 is 1.70 bits per heavy atom. The third kappa shape index (κ3) is 4.68. The van der Waals surface area contributed by atoms with Crippen LogP contribution in [0.15, 0.2) is 24.3 Å². The van der Waals surface area contributed by atoms with Crippen molar-refractivity contribution in [3.8, 4) is 0 Å². The Bertz CT molecular complexity index is 467. The minimum absolute atomic E-state index is 0.0613. The second-order valence-electron chi connectivity index (χ2n) is 5.33. The number of aliphatic carboxylic acids is 1. The van der Waals surface area contributed by atoms with Crippen LogP contribution < -0.4 is 0 Å². The molecule has 4 heteroatoms. The monoisotopic (exact) mass is 278 g/mol. The lowest BCUT2D eigenvalue weighted by Gasteiger charge is -2.24.